The van der Waals surface area contributed by atoms with Gasteiger partial charge in [-0.3, -0.25) is 0 Å². The number of hydrogen-bond donors (Lipinski definition) is 3. The summed E-state index contributed by atoms with van der Waals surface area (Å²) in [5.41, 5.74) is 2.24. The molecule has 1 aromatic heterocycles. The largest absolute Gasteiger partial charge is 0.490 e. The molecule has 0 bridgehead atoms. The van der Waals surface area contributed by atoms with E-state index in [-0.39, 0.29) is 10.8 Å². The van der Waals surface area contributed by atoms with Crippen LogP contribution < -0.4 is 10.0 Å². The van der Waals surface area contributed by atoms with Crippen LogP contribution in [0.3, 0.4) is 0 Å². The predicted molar refractivity (Wildman–Crippen MR) is 99.6 cm³/mol. The van der Waals surface area contributed by atoms with E-state index in [2.05, 4.69) is 42.5 Å². The Morgan fingerprint density at radius 2 is 1.89 bits per heavy atom. The number of carbonyl (C=O) groups is 1. The van der Waals surface area contributed by atoms with Crippen molar-refractivity contribution < 1.29 is 31.5 Å². The molecule has 1 aliphatic rings. The van der Waals surface area contributed by atoms with Gasteiger partial charge in [-0.15, -0.1) is 0 Å². The maximum Gasteiger partial charge on any atom is 0.490 e. The number of carboxylic acid groups (broad SMARTS) is 1. The number of rotatable bonds is 5. The molecule has 3 rings (SSSR count). The number of halogens is 4. The van der Waals surface area contributed by atoms with E-state index in [1.165, 1.54) is 11.8 Å². The number of nitrogens with zero attached hydrogens (tertiary/aromatic N) is 1. The number of aromatic nitrogens is 1. The number of aliphatic carboxylic acids is 1. The molecule has 0 radical (unpaired) electrons. The Labute approximate surface area is 171 Å². The molecule has 0 amide bonds. The van der Waals surface area contributed by atoms with Gasteiger partial charge in [-0.05, 0) is 38.6 Å². The molecule has 28 heavy (non-hydrogen) atoms. The highest BCUT2D eigenvalue weighted by Crippen LogP contribution is 2.25. The highest BCUT2D eigenvalue weighted by molar-refractivity contribution is 9.10. The first-order valence-corrected chi connectivity index (χ1v) is 10.7. The van der Waals surface area contributed by atoms with Crippen LogP contribution in [0, 0.1) is 0 Å². The van der Waals surface area contributed by atoms with Crippen LogP contribution in [0.4, 0.5) is 13.2 Å². The predicted octanol–water partition coefficient (Wildman–Crippen LogP) is 2.70. The van der Waals surface area contributed by atoms with Crippen LogP contribution in [0.25, 0.3) is 0 Å². The summed E-state index contributed by atoms with van der Waals surface area (Å²) in [6.07, 6.45) is -3.60. The summed E-state index contributed by atoms with van der Waals surface area (Å²) < 4.78 is 63.2. The number of hydrogen-bond acceptors (Lipinski definition) is 6. The van der Waals surface area contributed by atoms with Crippen LogP contribution in [0.15, 0.2) is 39.1 Å². The second-order valence-electron chi connectivity index (χ2n) is 5.69. The van der Waals surface area contributed by atoms with Gasteiger partial charge in [0, 0.05) is 25.6 Å². The minimum atomic E-state index is -5.08. The van der Waals surface area contributed by atoms with E-state index in [0.717, 1.165) is 30.2 Å². The van der Waals surface area contributed by atoms with Gasteiger partial charge >= 0.3 is 12.1 Å². The van der Waals surface area contributed by atoms with Crippen molar-refractivity contribution in [3.8, 4) is 0 Å². The lowest BCUT2D eigenvalue weighted by Crippen LogP contribution is -2.39. The fourth-order valence-corrected chi connectivity index (χ4v) is 5.05. The molecule has 0 atom stereocenters. The van der Waals surface area contributed by atoms with E-state index in [9.17, 15) is 21.6 Å². The van der Waals surface area contributed by atoms with Crippen LogP contribution in [-0.4, -0.2) is 43.1 Å². The molecular weight excluding hydrogens is 487 g/mol. The minimum Gasteiger partial charge on any atom is -0.475 e. The molecule has 1 aromatic carbocycles. The second kappa shape index (κ2) is 9.31. The van der Waals surface area contributed by atoms with Crippen molar-refractivity contribution in [1.82, 2.24) is 14.4 Å². The van der Waals surface area contributed by atoms with Crippen LogP contribution in [0.5, 0.6) is 0 Å². The van der Waals surface area contributed by atoms with Crippen molar-refractivity contribution in [2.24, 2.45) is 0 Å². The fraction of sp³-hybridized carbons (Fsp3) is 0.333. The van der Waals surface area contributed by atoms with E-state index in [0.29, 0.717) is 10.4 Å². The average molecular weight is 502 g/mol. The summed E-state index contributed by atoms with van der Waals surface area (Å²) >= 11 is 4.15. The van der Waals surface area contributed by atoms with Gasteiger partial charge in [-0.2, -0.15) is 17.5 Å². The molecule has 0 spiro atoms. The van der Waals surface area contributed by atoms with Crippen molar-refractivity contribution in [3.63, 3.8) is 0 Å². The Morgan fingerprint density at radius 3 is 2.29 bits per heavy atom. The highest BCUT2D eigenvalue weighted by Gasteiger charge is 2.38. The van der Waals surface area contributed by atoms with E-state index >= 15 is 0 Å². The Morgan fingerprint density at radius 1 is 1.32 bits per heavy atom. The summed E-state index contributed by atoms with van der Waals surface area (Å²) in [6, 6.07) is 8.07. The van der Waals surface area contributed by atoms with Gasteiger partial charge in [-0.25, -0.2) is 17.9 Å². The molecule has 0 aliphatic carbocycles. The van der Waals surface area contributed by atoms with Crippen LogP contribution >= 0.6 is 27.5 Å². The number of benzene rings is 1. The molecular formula is C15H15BrF3N3O4S2. The molecule has 0 unspecified atom stereocenters. The number of sulfonamides is 1. The SMILES string of the molecule is O=C(O)C(F)(F)F.O=S(=O)(NCc1ccc(C2CNC2)cc1)c1sncc1Br. The Kier molecular flexibility index (Phi) is 7.56. The Bertz CT molecular complexity index is 913. The van der Waals surface area contributed by atoms with Crippen LogP contribution in [0.1, 0.15) is 17.0 Å². The monoisotopic (exact) mass is 501 g/mol. The maximum atomic E-state index is 12.1. The Hall–Kier alpha value is -1.54. The zero-order valence-electron chi connectivity index (χ0n) is 14.0. The topological polar surface area (TPSA) is 108 Å². The molecule has 3 N–H and O–H groups in total. The van der Waals surface area contributed by atoms with Gasteiger partial charge in [0.05, 0.1) is 10.7 Å². The van der Waals surface area contributed by atoms with E-state index in [1.54, 1.807) is 0 Å². The first-order valence-electron chi connectivity index (χ1n) is 7.70. The standard InChI is InChI=1S/C13H14BrN3O2S2.C2HF3O2/c14-12-8-16-20-13(12)21(18,19)17-5-9-1-3-10(4-2-9)11-6-15-7-11;3-2(4,5)1(6)7/h1-4,8,11,15,17H,5-7H2;(H,6,7). The zero-order chi connectivity index (χ0) is 20.9. The molecule has 13 heteroatoms. The van der Waals surface area contributed by atoms with Crippen molar-refractivity contribution in [2.45, 2.75) is 22.8 Å². The number of nitrogens with one attached hydrogen (secondary N) is 2. The summed E-state index contributed by atoms with van der Waals surface area (Å²) in [4.78, 5) is 8.90. The molecule has 2 heterocycles. The molecule has 1 saturated heterocycles. The first-order chi connectivity index (χ1) is 13.0. The minimum absolute atomic E-state index is 0.208. The summed E-state index contributed by atoms with van der Waals surface area (Å²) in [5.74, 6) is -2.17. The maximum absolute atomic E-state index is 12.1. The molecule has 1 aliphatic heterocycles. The molecule has 7 nitrogen and oxygen atoms in total. The quantitative estimate of drug-likeness (QED) is 0.581. The molecule has 0 saturated carbocycles. The van der Waals surface area contributed by atoms with Crippen molar-refractivity contribution >= 4 is 43.5 Å². The normalized spacial score (nSPS) is 14.7. The van der Waals surface area contributed by atoms with E-state index in [4.69, 9.17) is 9.90 Å². The van der Waals surface area contributed by atoms with Crippen molar-refractivity contribution in [2.75, 3.05) is 13.1 Å². The average Bonchev–Trinajstić information content (AvgIpc) is 2.99. The van der Waals surface area contributed by atoms with Gasteiger partial charge in [0.15, 0.2) is 4.21 Å². The van der Waals surface area contributed by atoms with E-state index in [1.807, 2.05) is 12.1 Å². The summed E-state index contributed by atoms with van der Waals surface area (Å²) in [6.45, 7) is 2.31. The molecule has 154 valence electrons. The highest BCUT2D eigenvalue weighted by atomic mass is 79.9. The van der Waals surface area contributed by atoms with Gasteiger partial charge in [0.1, 0.15) is 0 Å². The summed E-state index contributed by atoms with van der Waals surface area (Å²) in [5, 5.41) is 10.4. The zero-order valence-corrected chi connectivity index (χ0v) is 17.3. The Balaban J connectivity index is 0.000000345. The van der Waals surface area contributed by atoms with Crippen molar-refractivity contribution in [1.29, 1.82) is 0 Å². The van der Waals surface area contributed by atoms with Crippen LogP contribution in [0.2, 0.25) is 0 Å². The molecule has 2 aromatic rings. The lowest BCUT2D eigenvalue weighted by molar-refractivity contribution is -0.192. The van der Waals surface area contributed by atoms with Gasteiger partial charge in [0.2, 0.25) is 0 Å². The molecule has 1 fully saturated rings. The van der Waals surface area contributed by atoms with Gasteiger partial charge in [-0.1, -0.05) is 24.3 Å². The smallest absolute Gasteiger partial charge is 0.475 e. The number of alkyl halides is 3. The first kappa shape index (κ1) is 22.7. The van der Waals surface area contributed by atoms with E-state index < -0.39 is 22.2 Å². The van der Waals surface area contributed by atoms with Gasteiger partial charge < -0.3 is 10.4 Å². The van der Waals surface area contributed by atoms with Gasteiger partial charge in [0.25, 0.3) is 10.0 Å². The lowest BCUT2D eigenvalue weighted by Gasteiger charge is -2.27. The van der Waals surface area contributed by atoms with Crippen LogP contribution in [-0.2, 0) is 21.4 Å². The second-order valence-corrected chi connectivity index (χ2v) is 9.30. The fourth-order valence-electron chi connectivity index (χ4n) is 2.07. The summed E-state index contributed by atoms with van der Waals surface area (Å²) in [7, 11) is -3.52. The lowest BCUT2D eigenvalue weighted by atomic mass is 9.93. The third-order valence-electron chi connectivity index (χ3n) is 3.68. The third kappa shape index (κ3) is 6.24. The van der Waals surface area contributed by atoms with Crippen molar-refractivity contribution in [3.05, 3.63) is 46.1 Å². The number of carboxylic acids is 1. The third-order valence-corrected chi connectivity index (χ3v) is 7.52.